The molecule has 5 heteroatoms. The summed E-state index contributed by atoms with van der Waals surface area (Å²) < 4.78 is 0. The van der Waals surface area contributed by atoms with Crippen molar-refractivity contribution in [3.05, 3.63) is 41.6 Å². The van der Waals surface area contributed by atoms with E-state index in [0.717, 1.165) is 38.3 Å². The molecule has 134 valence electrons. The zero-order valence-corrected chi connectivity index (χ0v) is 15.4. The van der Waals surface area contributed by atoms with Crippen LogP contribution in [0.4, 0.5) is 0 Å². The van der Waals surface area contributed by atoms with E-state index >= 15 is 0 Å². The van der Waals surface area contributed by atoms with Crippen molar-refractivity contribution in [1.82, 2.24) is 14.7 Å². The molecule has 25 heavy (non-hydrogen) atoms. The predicted molar refractivity (Wildman–Crippen MR) is 98.6 cm³/mol. The van der Waals surface area contributed by atoms with Gasteiger partial charge in [0.1, 0.15) is 5.70 Å². The fraction of sp³-hybridized carbons (Fsp3) is 0.500. The van der Waals surface area contributed by atoms with Crippen LogP contribution >= 0.6 is 0 Å². The standard InChI is InChI=1S/C20H27N3O2/c1-4-21-10-12-22(13-11-21)18-17(16-8-6-5-7-9-16)19(24)23(20(18)25)14-15(2)3/h5-9,15H,4,10-14H2,1-3H3. The van der Waals surface area contributed by atoms with Crippen LogP contribution in [0.3, 0.4) is 0 Å². The number of nitrogens with zero attached hydrogens (tertiary/aromatic N) is 3. The first-order chi connectivity index (χ1) is 12.0. The average Bonchev–Trinajstić information content (AvgIpc) is 2.87. The van der Waals surface area contributed by atoms with Crippen molar-refractivity contribution in [3.8, 4) is 0 Å². The summed E-state index contributed by atoms with van der Waals surface area (Å²) in [7, 11) is 0. The minimum absolute atomic E-state index is 0.137. The lowest BCUT2D eigenvalue weighted by atomic mass is 10.0. The van der Waals surface area contributed by atoms with E-state index < -0.39 is 0 Å². The van der Waals surface area contributed by atoms with E-state index in [0.29, 0.717) is 17.8 Å². The Balaban J connectivity index is 1.97. The molecule has 0 atom stereocenters. The summed E-state index contributed by atoms with van der Waals surface area (Å²) in [5, 5.41) is 0. The van der Waals surface area contributed by atoms with Crippen LogP contribution in [0, 0.1) is 5.92 Å². The van der Waals surface area contributed by atoms with Crippen LogP contribution in [0.15, 0.2) is 36.0 Å². The van der Waals surface area contributed by atoms with Crippen molar-refractivity contribution in [1.29, 1.82) is 0 Å². The van der Waals surface area contributed by atoms with Gasteiger partial charge in [-0.3, -0.25) is 14.5 Å². The van der Waals surface area contributed by atoms with Gasteiger partial charge in [0, 0.05) is 32.7 Å². The summed E-state index contributed by atoms with van der Waals surface area (Å²) >= 11 is 0. The zero-order valence-electron chi connectivity index (χ0n) is 15.4. The SMILES string of the molecule is CCN1CCN(C2=C(c3ccccc3)C(=O)N(CC(C)C)C2=O)CC1. The monoisotopic (exact) mass is 341 g/mol. The second-order valence-corrected chi connectivity index (χ2v) is 7.13. The van der Waals surface area contributed by atoms with Crippen LogP contribution in [-0.2, 0) is 9.59 Å². The molecule has 1 aromatic rings. The highest BCUT2D eigenvalue weighted by atomic mass is 16.2. The van der Waals surface area contributed by atoms with E-state index in [2.05, 4.69) is 16.7 Å². The smallest absolute Gasteiger partial charge is 0.277 e. The highest BCUT2D eigenvalue weighted by molar-refractivity contribution is 6.35. The van der Waals surface area contributed by atoms with Crippen LogP contribution in [0.1, 0.15) is 26.3 Å². The lowest BCUT2D eigenvalue weighted by Crippen LogP contribution is -2.47. The summed E-state index contributed by atoms with van der Waals surface area (Å²) in [4.78, 5) is 32.0. The summed E-state index contributed by atoms with van der Waals surface area (Å²) in [6, 6.07) is 9.59. The van der Waals surface area contributed by atoms with Crippen molar-refractivity contribution in [2.24, 2.45) is 5.92 Å². The third kappa shape index (κ3) is 3.47. The summed E-state index contributed by atoms with van der Waals surface area (Å²) in [6.07, 6.45) is 0. The molecular formula is C20H27N3O2. The van der Waals surface area contributed by atoms with Crippen molar-refractivity contribution < 1.29 is 9.59 Å². The average molecular weight is 341 g/mol. The molecule has 0 spiro atoms. The molecule has 3 rings (SSSR count). The molecule has 0 aromatic heterocycles. The minimum atomic E-state index is -0.155. The van der Waals surface area contributed by atoms with E-state index in [4.69, 9.17) is 0 Å². The Morgan fingerprint density at radius 1 is 0.960 bits per heavy atom. The van der Waals surface area contributed by atoms with Crippen LogP contribution in [0.5, 0.6) is 0 Å². The van der Waals surface area contributed by atoms with E-state index in [9.17, 15) is 9.59 Å². The molecule has 2 aliphatic rings. The number of piperazine rings is 1. The number of benzene rings is 1. The van der Waals surface area contributed by atoms with Crippen LogP contribution < -0.4 is 0 Å². The number of hydrogen-bond acceptors (Lipinski definition) is 4. The highest BCUT2D eigenvalue weighted by Gasteiger charge is 2.42. The van der Waals surface area contributed by atoms with Gasteiger partial charge in [-0.2, -0.15) is 0 Å². The fourth-order valence-corrected chi connectivity index (χ4v) is 3.54. The first-order valence-electron chi connectivity index (χ1n) is 9.16. The third-order valence-corrected chi connectivity index (χ3v) is 4.89. The number of carbonyl (C=O) groups is 2. The first kappa shape index (κ1) is 17.7. The maximum atomic E-state index is 13.1. The van der Waals surface area contributed by atoms with Gasteiger partial charge in [-0.1, -0.05) is 51.1 Å². The largest absolute Gasteiger partial charge is 0.364 e. The number of likely N-dealkylation sites (N-methyl/N-ethyl adjacent to an activating group) is 1. The van der Waals surface area contributed by atoms with Gasteiger partial charge in [-0.15, -0.1) is 0 Å². The molecule has 0 aliphatic carbocycles. The number of rotatable bonds is 5. The van der Waals surface area contributed by atoms with Gasteiger partial charge in [0.2, 0.25) is 0 Å². The van der Waals surface area contributed by atoms with Crippen molar-refractivity contribution in [2.45, 2.75) is 20.8 Å². The van der Waals surface area contributed by atoms with Gasteiger partial charge >= 0.3 is 0 Å². The van der Waals surface area contributed by atoms with Crippen LogP contribution in [0.2, 0.25) is 0 Å². The van der Waals surface area contributed by atoms with Gasteiger partial charge in [-0.05, 0) is 18.0 Å². The Kier molecular flexibility index (Phi) is 5.23. The van der Waals surface area contributed by atoms with E-state index in [1.807, 2.05) is 44.2 Å². The van der Waals surface area contributed by atoms with E-state index in [-0.39, 0.29) is 17.7 Å². The maximum absolute atomic E-state index is 13.1. The molecule has 0 bridgehead atoms. The second-order valence-electron chi connectivity index (χ2n) is 7.13. The van der Waals surface area contributed by atoms with Crippen molar-refractivity contribution in [2.75, 3.05) is 39.3 Å². The molecule has 2 aliphatic heterocycles. The molecule has 0 N–H and O–H groups in total. The number of amides is 2. The van der Waals surface area contributed by atoms with E-state index in [1.165, 1.54) is 4.90 Å². The molecular weight excluding hydrogens is 314 g/mol. The topological polar surface area (TPSA) is 43.9 Å². The molecule has 0 unspecified atom stereocenters. The Morgan fingerprint density at radius 3 is 2.16 bits per heavy atom. The fourth-order valence-electron chi connectivity index (χ4n) is 3.54. The molecule has 5 nitrogen and oxygen atoms in total. The van der Waals surface area contributed by atoms with Crippen molar-refractivity contribution >= 4 is 17.4 Å². The highest BCUT2D eigenvalue weighted by Crippen LogP contribution is 2.32. The van der Waals surface area contributed by atoms with Gasteiger partial charge in [0.15, 0.2) is 0 Å². The second kappa shape index (κ2) is 7.40. The Labute approximate surface area is 149 Å². The minimum Gasteiger partial charge on any atom is -0.364 e. The van der Waals surface area contributed by atoms with E-state index in [1.54, 1.807) is 0 Å². The molecule has 1 aromatic carbocycles. The van der Waals surface area contributed by atoms with Crippen LogP contribution in [-0.4, -0.2) is 65.8 Å². The Morgan fingerprint density at radius 2 is 1.60 bits per heavy atom. The van der Waals surface area contributed by atoms with Gasteiger partial charge in [-0.25, -0.2) is 0 Å². The molecule has 2 heterocycles. The predicted octanol–water partition coefficient (Wildman–Crippen LogP) is 2.06. The lowest BCUT2D eigenvalue weighted by Gasteiger charge is -2.36. The third-order valence-electron chi connectivity index (χ3n) is 4.89. The number of hydrogen-bond donors (Lipinski definition) is 0. The number of imide groups is 1. The summed E-state index contributed by atoms with van der Waals surface area (Å²) in [6.45, 7) is 11.1. The Hall–Kier alpha value is -2.14. The van der Waals surface area contributed by atoms with Gasteiger partial charge < -0.3 is 9.80 Å². The zero-order chi connectivity index (χ0) is 18.0. The first-order valence-corrected chi connectivity index (χ1v) is 9.16. The normalized spacial score (nSPS) is 19.5. The summed E-state index contributed by atoms with van der Waals surface area (Å²) in [5.74, 6) is -0.0402. The van der Waals surface area contributed by atoms with Gasteiger partial charge in [0.25, 0.3) is 11.8 Å². The van der Waals surface area contributed by atoms with Gasteiger partial charge in [0.05, 0.1) is 5.57 Å². The molecule has 0 saturated carbocycles. The quantitative estimate of drug-likeness (QED) is 0.769. The maximum Gasteiger partial charge on any atom is 0.277 e. The molecule has 1 fully saturated rings. The molecule has 2 amide bonds. The molecule has 1 saturated heterocycles. The lowest BCUT2D eigenvalue weighted by molar-refractivity contribution is -0.138. The van der Waals surface area contributed by atoms with Crippen LogP contribution in [0.25, 0.3) is 5.57 Å². The molecule has 0 radical (unpaired) electrons. The Bertz CT molecular complexity index is 673. The summed E-state index contributed by atoms with van der Waals surface area (Å²) in [5.41, 5.74) is 1.99. The van der Waals surface area contributed by atoms with Crippen molar-refractivity contribution in [3.63, 3.8) is 0 Å². The number of carbonyl (C=O) groups excluding carboxylic acids is 2.